The lowest BCUT2D eigenvalue weighted by molar-refractivity contribution is 0.295. The van der Waals surface area contributed by atoms with E-state index in [0.29, 0.717) is 5.75 Å². The van der Waals surface area contributed by atoms with E-state index in [1.54, 1.807) is 12.1 Å². The van der Waals surface area contributed by atoms with Gasteiger partial charge in [0.15, 0.2) is 0 Å². The van der Waals surface area contributed by atoms with Crippen LogP contribution in [0.2, 0.25) is 0 Å². The molecule has 1 aromatic heterocycles. The lowest BCUT2D eigenvalue weighted by Gasteiger charge is -2.26. The van der Waals surface area contributed by atoms with Crippen molar-refractivity contribution in [2.75, 3.05) is 13.1 Å². The Labute approximate surface area is 141 Å². The maximum Gasteiger partial charge on any atom is 0.115 e. The van der Waals surface area contributed by atoms with Crippen molar-refractivity contribution in [1.82, 2.24) is 9.88 Å². The van der Waals surface area contributed by atoms with Gasteiger partial charge in [-0.1, -0.05) is 42.5 Å². The summed E-state index contributed by atoms with van der Waals surface area (Å²) in [6.45, 7) is 2.91. The fraction of sp³-hybridized carbons (Fsp3) is 0.190. The van der Waals surface area contributed by atoms with Crippen LogP contribution in [-0.2, 0) is 6.54 Å². The number of nitrogens with zero attached hydrogens (tertiary/aromatic N) is 2. The van der Waals surface area contributed by atoms with Gasteiger partial charge in [-0.25, -0.2) is 0 Å². The van der Waals surface area contributed by atoms with E-state index in [2.05, 4.69) is 40.2 Å². The van der Waals surface area contributed by atoms with E-state index in [9.17, 15) is 5.11 Å². The average molecular weight is 316 g/mol. The van der Waals surface area contributed by atoms with E-state index >= 15 is 0 Å². The van der Waals surface area contributed by atoms with Gasteiger partial charge in [0.25, 0.3) is 0 Å². The molecule has 0 bridgehead atoms. The van der Waals surface area contributed by atoms with E-state index in [1.807, 2.05) is 24.4 Å². The largest absolute Gasteiger partial charge is 0.508 e. The molecule has 0 spiro atoms. The number of benzene rings is 2. The van der Waals surface area contributed by atoms with Crippen molar-refractivity contribution < 1.29 is 5.11 Å². The van der Waals surface area contributed by atoms with Crippen LogP contribution in [0.4, 0.5) is 0 Å². The minimum absolute atomic E-state index is 0.320. The SMILES string of the molecule is Oc1ccc(C2=CCN(Cc3cccc4cccnc34)CC2)cc1. The first-order chi connectivity index (χ1) is 11.8. The maximum atomic E-state index is 9.41. The fourth-order valence-electron chi connectivity index (χ4n) is 3.33. The summed E-state index contributed by atoms with van der Waals surface area (Å²) in [5.74, 6) is 0.320. The van der Waals surface area contributed by atoms with Crippen molar-refractivity contribution in [1.29, 1.82) is 0 Å². The number of fused-ring (bicyclic) bond motifs is 1. The summed E-state index contributed by atoms with van der Waals surface area (Å²) in [4.78, 5) is 7.00. The maximum absolute atomic E-state index is 9.41. The second-order valence-corrected chi connectivity index (χ2v) is 6.25. The number of phenols is 1. The van der Waals surface area contributed by atoms with Crippen LogP contribution in [0.1, 0.15) is 17.5 Å². The van der Waals surface area contributed by atoms with Crippen LogP contribution in [-0.4, -0.2) is 28.1 Å². The molecule has 0 saturated carbocycles. The number of hydrogen-bond donors (Lipinski definition) is 1. The van der Waals surface area contributed by atoms with Crippen LogP contribution in [0.5, 0.6) is 5.75 Å². The van der Waals surface area contributed by atoms with E-state index in [4.69, 9.17) is 0 Å². The Morgan fingerprint density at radius 1 is 1.00 bits per heavy atom. The molecule has 1 aliphatic heterocycles. The molecule has 0 unspecified atom stereocenters. The van der Waals surface area contributed by atoms with Crippen molar-refractivity contribution >= 4 is 16.5 Å². The summed E-state index contributed by atoms with van der Waals surface area (Å²) in [6, 6.07) is 18.0. The summed E-state index contributed by atoms with van der Waals surface area (Å²) in [7, 11) is 0. The third-order valence-electron chi connectivity index (χ3n) is 4.64. The van der Waals surface area contributed by atoms with Crippen molar-refractivity contribution in [3.63, 3.8) is 0 Å². The van der Waals surface area contributed by atoms with Crippen LogP contribution in [0.25, 0.3) is 16.5 Å². The zero-order valence-electron chi connectivity index (χ0n) is 13.5. The second-order valence-electron chi connectivity index (χ2n) is 6.25. The molecular formula is C21H20N2O. The quantitative estimate of drug-likeness (QED) is 0.785. The van der Waals surface area contributed by atoms with Gasteiger partial charge >= 0.3 is 0 Å². The van der Waals surface area contributed by atoms with Crippen LogP contribution >= 0.6 is 0 Å². The summed E-state index contributed by atoms with van der Waals surface area (Å²) < 4.78 is 0. The molecule has 0 aliphatic carbocycles. The predicted molar refractivity (Wildman–Crippen MR) is 97.7 cm³/mol. The minimum atomic E-state index is 0.320. The Hall–Kier alpha value is -2.65. The first kappa shape index (κ1) is 14.9. The monoisotopic (exact) mass is 316 g/mol. The van der Waals surface area contributed by atoms with Crippen molar-refractivity contribution in [3.05, 3.63) is 78.0 Å². The summed E-state index contributed by atoms with van der Waals surface area (Å²) >= 11 is 0. The average Bonchev–Trinajstić information content (AvgIpc) is 2.63. The van der Waals surface area contributed by atoms with Gasteiger partial charge in [-0.05, 0) is 41.3 Å². The van der Waals surface area contributed by atoms with Crippen LogP contribution < -0.4 is 0 Å². The molecule has 24 heavy (non-hydrogen) atoms. The summed E-state index contributed by atoms with van der Waals surface area (Å²) in [5, 5.41) is 10.6. The van der Waals surface area contributed by atoms with Crippen molar-refractivity contribution in [2.45, 2.75) is 13.0 Å². The van der Waals surface area contributed by atoms with Gasteiger partial charge in [0.05, 0.1) is 5.52 Å². The van der Waals surface area contributed by atoms with Crippen LogP contribution in [0, 0.1) is 0 Å². The molecule has 1 N–H and O–H groups in total. The number of pyridine rings is 1. The molecule has 3 aromatic rings. The fourth-order valence-corrected chi connectivity index (χ4v) is 3.33. The zero-order chi connectivity index (χ0) is 16.4. The van der Waals surface area contributed by atoms with Crippen LogP contribution in [0.3, 0.4) is 0 Å². The molecule has 2 aromatic carbocycles. The Morgan fingerprint density at radius 3 is 2.62 bits per heavy atom. The Balaban J connectivity index is 1.50. The summed E-state index contributed by atoms with van der Waals surface area (Å²) in [6.07, 6.45) is 5.20. The minimum Gasteiger partial charge on any atom is -0.508 e. The molecule has 3 nitrogen and oxygen atoms in total. The number of rotatable bonds is 3. The first-order valence-corrected chi connectivity index (χ1v) is 8.33. The molecule has 0 amide bonds. The van der Waals surface area contributed by atoms with E-state index in [-0.39, 0.29) is 0 Å². The van der Waals surface area contributed by atoms with Crippen molar-refractivity contribution in [3.8, 4) is 5.75 Å². The van der Waals surface area contributed by atoms with E-state index in [0.717, 1.165) is 31.6 Å². The number of phenolic OH excluding ortho intramolecular Hbond substituents is 1. The highest BCUT2D eigenvalue weighted by molar-refractivity contribution is 5.81. The number of aromatic nitrogens is 1. The number of hydrogen-bond acceptors (Lipinski definition) is 3. The molecule has 2 heterocycles. The summed E-state index contributed by atoms with van der Waals surface area (Å²) in [5.41, 5.74) is 4.96. The van der Waals surface area contributed by atoms with Gasteiger partial charge in [-0.3, -0.25) is 9.88 Å². The normalized spacial score (nSPS) is 15.4. The number of aromatic hydroxyl groups is 1. The van der Waals surface area contributed by atoms with E-state index < -0.39 is 0 Å². The molecule has 1 aliphatic rings. The zero-order valence-corrected chi connectivity index (χ0v) is 13.5. The Morgan fingerprint density at radius 2 is 1.83 bits per heavy atom. The van der Waals surface area contributed by atoms with Crippen LogP contribution in [0.15, 0.2) is 66.9 Å². The lowest BCUT2D eigenvalue weighted by atomic mass is 9.99. The van der Waals surface area contributed by atoms with Gasteiger partial charge in [-0.2, -0.15) is 0 Å². The number of para-hydroxylation sites is 1. The molecule has 0 atom stereocenters. The molecule has 3 heteroatoms. The third kappa shape index (κ3) is 3.03. The second kappa shape index (κ2) is 6.46. The molecule has 4 rings (SSSR count). The van der Waals surface area contributed by atoms with Gasteiger partial charge in [-0.15, -0.1) is 0 Å². The Kier molecular flexibility index (Phi) is 4.01. The third-order valence-corrected chi connectivity index (χ3v) is 4.64. The standard InChI is InChI=1S/C21H20N2O/c24-20-8-6-16(7-9-20)17-10-13-23(14-11-17)15-19-4-1-3-18-5-2-12-22-21(18)19/h1-10,12,24H,11,13-15H2. The highest BCUT2D eigenvalue weighted by atomic mass is 16.3. The predicted octanol–water partition coefficient (Wildman–Crippen LogP) is 4.23. The molecular weight excluding hydrogens is 296 g/mol. The topological polar surface area (TPSA) is 36.4 Å². The molecule has 0 saturated heterocycles. The smallest absolute Gasteiger partial charge is 0.115 e. The highest BCUT2D eigenvalue weighted by Crippen LogP contribution is 2.25. The first-order valence-electron chi connectivity index (χ1n) is 8.33. The van der Waals surface area contributed by atoms with Crippen molar-refractivity contribution in [2.24, 2.45) is 0 Å². The molecule has 120 valence electrons. The lowest BCUT2D eigenvalue weighted by Crippen LogP contribution is -2.28. The highest BCUT2D eigenvalue weighted by Gasteiger charge is 2.14. The molecule has 0 radical (unpaired) electrons. The van der Waals surface area contributed by atoms with E-state index in [1.165, 1.54) is 22.1 Å². The molecule has 0 fully saturated rings. The van der Waals surface area contributed by atoms with Gasteiger partial charge < -0.3 is 5.11 Å². The van der Waals surface area contributed by atoms with Gasteiger partial charge in [0.2, 0.25) is 0 Å². The Bertz CT molecular complexity index is 878. The van der Waals surface area contributed by atoms with Gasteiger partial charge in [0, 0.05) is 31.2 Å². The van der Waals surface area contributed by atoms with Gasteiger partial charge in [0.1, 0.15) is 5.75 Å².